The van der Waals surface area contributed by atoms with Crippen LogP contribution in [-0.2, 0) is 10.1 Å². The van der Waals surface area contributed by atoms with E-state index in [9.17, 15) is 8.42 Å². The molecule has 152 valence electrons. The number of rotatable bonds is 18. The summed E-state index contributed by atoms with van der Waals surface area (Å²) < 4.78 is 30.5. The first-order valence-corrected chi connectivity index (χ1v) is 12.2. The standard InChI is InChI=1S/C21H44O3S/c1-4-5-6-7-8-9-10-11-12-13-14-15-16-17-18-19-20-21(2,3)25(22,23)24/h4-20H2,1-3H3,(H,22,23,24). The summed E-state index contributed by atoms with van der Waals surface area (Å²) in [6, 6.07) is 0. The van der Waals surface area contributed by atoms with Crippen LogP contribution in [0, 0.1) is 0 Å². The first-order chi connectivity index (χ1) is 11.8. The molecule has 0 heterocycles. The topological polar surface area (TPSA) is 54.4 Å². The molecule has 3 nitrogen and oxygen atoms in total. The zero-order valence-electron chi connectivity index (χ0n) is 17.2. The van der Waals surface area contributed by atoms with Gasteiger partial charge in [0.2, 0.25) is 0 Å². The highest BCUT2D eigenvalue weighted by Gasteiger charge is 2.31. The van der Waals surface area contributed by atoms with Crippen LogP contribution in [0.25, 0.3) is 0 Å². The van der Waals surface area contributed by atoms with Gasteiger partial charge in [0.05, 0.1) is 4.75 Å². The number of hydrogen-bond acceptors (Lipinski definition) is 2. The number of unbranched alkanes of at least 4 members (excludes halogenated alkanes) is 15. The summed E-state index contributed by atoms with van der Waals surface area (Å²) in [6.07, 6.45) is 21.6. The van der Waals surface area contributed by atoms with Gasteiger partial charge >= 0.3 is 0 Å². The van der Waals surface area contributed by atoms with E-state index < -0.39 is 14.9 Å². The molecule has 0 fully saturated rings. The average Bonchev–Trinajstić information content (AvgIpc) is 2.53. The van der Waals surface area contributed by atoms with Crippen LogP contribution < -0.4 is 0 Å². The normalized spacial score (nSPS) is 12.6. The fourth-order valence-corrected chi connectivity index (χ4v) is 3.63. The highest BCUT2D eigenvalue weighted by Crippen LogP contribution is 2.23. The van der Waals surface area contributed by atoms with Crippen LogP contribution in [0.1, 0.15) is 130 Å². The Morgan fingerprint density at radius 3 is 1.16 bits per heavy atom. The predicted octanol–water partition coefficient (Wildman–Crippen LogP) is 7.30. The van der Waals surface area contributed by atoms with E-state index in [1.165, 1.54) is 89.9 Å². The third kappa shape index (κ3) is 14.7. The van der Waals surface area contributed by atoms with E-state index >= 15 is 0 Å². The van der Waals surface area contributed by atoms with Crippen molar-refractivity contribution >= 4 is 10.1 Å². The van der Waals surface area contributed by atoms with E-state index in [1.54, 1.807) is 13.8 Å². The molecule has 0 aromatic carbocycles. The Hall–Kier alpha value is -0.0900. The Bertz CT molecular complexity index is 388. The number of hydrogen-bond donors (Lipinski definition) is 1. The maximum Gasteiger partial charge on any atom is 0.270 e. The van der Waals surface area contributed by atoms with E-state index in [0.717, 1.165) is 12.8 Å². The molecule has 0 unspecified atom stereocenters. The van der Waals surface area contributed by atoms with Crippen molar-refractivity contribution < 1.29 is 13.0 Å². The van der Waals surface area contributed by atoms with Gasteiger partial charge in [-0.1, -0.05) is 110 Å². The SMILES string of the molecule is CCCCCCCCCCCCCCCCCCC(C)(C)S(=O)(=O)O. The van der Waals surface area contributed by atoms with Crippen LogP contribution in [0.5, 0.6) is 0 Å². The Morgan fingerprint density at radius 2 is 0.880 bits per heavy atom. The minimum atomic E-state index is -3.92. The lowest BCUT2D eigenvalue weighted by Gasteiger charge is -2.20. The Labute approximate surface area is 158 Å². The van der Waals surface area contributed by atoms with Crippen molar-refractivity contribution in [3.63, 3.8) is 0 Å². The molecular weight excluding hydrogens is 332 g/mol. The second kappa shape index (κ2) is 15.0. The average molecular weight is 377 g/mol. The predicted molar refractivity (Wildman–Crippen MR) is 110 cm³/mol. The maximum absolute atomic E-state index is 11.2. The first-order valence-electron chi connectivity index (χ1n) is 10.8. The first kappa shape index (κ1) is 24.9. The van der Waals surface area contributed by atoms with E-state index in [1.807, 2.05) is 0 Å². The highest BCUT2D eigenvalue weighted by molar-refractivity contribution is 7.87. The van der Waals surface area contributed by atoms with Crippen LogP contribution in [0.15, 0.2) is 0 Å². The molecule has 0 radical (unpaired) electrons. The third-order valence-corrected chi connectivity index (χ3v) is 6.93. The van der Waals surface area contributed by atoms with Gasteiger partial charge in [0.1, 0.15) is 0 Å². The second-order valence-corrected chi connectivity index (χ2v) is 10.3. The fourth-order valence-electron chi connectivity index (χ4n) is 3.23. The summed E-state index contributed by atoms with van der Waals surface area (Å²) in [7, 11) is -3.92. The second-order valence-electron chi connectivity index (χ2n) is 8.29. The molecule has 25 heavy (non-hydrogen) atoms. The molecule has 0 amide bonds. The van der Waals surface area contributed by atoms with Gasteiger partial charge in [-0.25, -0.2) is 0 Å². The summed E-state index contributed by atoms with van der Waals surface area (Å²) in [4.78, 5) is 0. The smallest absolute Gasteiger partial charge is 0.270 e. The zero-order chi connectivity index (χ0) is 19.0. The quantitative estimate of drug-likeness (QED) is 0.201. The molecule has 0 aromatic heterocycles. The minimum absolute atomic E-state index is 0.546. The van der Waals surface area contributed by atoms with Crippen molar-refractivity contribution in [1.82, 2.24) is 0 Å². The van der Waals surface area contributed by atoms with Gasteiger partial charge in [0.15, 0.2) is 0 Å². The van der Waals surface area contributed by atoms with E-state index in [2.05, 4.69) is 6.92 Å². The lowest BCUT2D eigenvalue weighted by molar-refractivity contribution is 0.422. The molecule has 1 N–H and O–H groups in total. The van der Waals surface area contributed by atoms with E-state index in [-0.39, 0.29) is 0 Å². The summed E-state index contributed by atoms with van der Waals surface area (Å²) in [5.41, 5.74) is 0. The van der Waals surface area contributed by atoms with Crippen LogP contribution in [0.2, 0.25) is 0 Å². The van der Waals surface area contributed by atoms with Crippen molar-refractivity contribution in [2.45, 2.75) is 135 Å². The largest absolute Gasteiger partial charge is 0.285 e. The molecule has 4 heteroatoms. The molecule has 0 spiro atoms. The van der Waals surface area contributed by atoms with E-state index in [0.29, 0.717) is 6.42 Å². The van der Waals surface area contributed by atoms with Crippen molar-refractivity contribution in [3.8, 4) is 0 Å². The zero-order valence-corrected chi connectivity index (χ0v) is 18.0. The molecular formula is C21H44O3S. The van der Waals surface area contributed by atoms with Crippen LogP contribution in [0.3, 0.4) is 0 Å². The van der Waals surface area contributed by atoms with Gasteiger partial charge in [-0.15, -0.1) is 0 Å². The van der Waals surface area contributed by atoms with Crippen molar-refractivity contribution in [1.29, 1.82) is 0 Å². The van der Waals surface area contributed by atoms with E-state index in [4.69, 9.17) is 4.55 Å². The van der Waals surface area contributed by atoms with Gasteiger partial charge in [0, 0.05) is 0 Å². The Balaban J connectivity index is 3.25. The minimum Gasteiger partial charge on any atom is -0.285 e. The lowest BCUT2D eigenvalue weighted by Crippen LogP contribution is -2.31. The molecule has 0 aliphatic heterocycles. The molecule has 0 bridgehead atoms. The summed E-state index contributed by atoms with van der Waals surface area (Å²) in [5, 5.41) is 0. The Morgan fingerprint density at radius 1 is 0.600 bits per heavy atom. The summed E-state index contributed by atoms with van der Waals surface area (Å²) in [6.45, 7) is 5.48. The Kier molecular flexibility index (Phi) is 15.0. The maximum atomic E-state index is 11.2. The van der Waals surface area contributed by atoms with Gasteiger partial charge in [0.25, 0.3) is 10.1 Å². The molecule has 0 atom stereocenters. The molecule has 0 saturated carbocycles. The summed E-state index contributed by atoms with van der Waals surface area (Å²) in [5.74, 6) is 0. The third-order valence-electron chi connectivity index (χ3n) is 5.33. The van der Waals surface area contributed by atoms with Crippen LogP contribution >= 0.6 is 0 Å². The van der Waals surface area contributed by atoms with Gasteiger partial charge in [-0.2, -0.15) is 8.42 Å². The van der Waals surface area contributed by atoms with Crippen LogP contribution in [-0.4, -0.2) is 17.7 Å². The molecule has 0 aromatic rings. The monoisotopic (exact) mass is 376 g/mol. The van der Waals surface area contributed by atoms with Crippen molar-refractivity contribution in [3.05, 3.63) is 0 Å². The molecule has 0 rings (SSSR count). The van der Waals surface area contributed by atoms with Gasteiger partial charge < -0.3 is 0 Å². The fraction of sp³-hybridized carbons (Fsp3) is 1.00. The molecule has 0 saturated heterocycles. The van der Waals surface area contributed by atoms with Gasteiger partial charge in [-0.05, 0) is 20.3 Å². The summed E-state index contributed by atoms with van der Waals surface area (Å²) >= 11 is 0. The van der Waals surface area contributed by atoms with Crippen molar-refractivity contribution in [2.24, 2.45) is 0 Å². The lowest BCUT2D eigenvalue weighted by atomic mass is 10.0. The van der Waals surface area contributed by atoms with Crippen molar-refractivity contribution in [2.75, 3.05) is 0 Å². The molecule has 0 aliphatic rings. The highest BCUT2D eigenvalue weighted by atomic mass is 32.2. The van der Waals surface area contributed by atoms with Crippen LogP contribution in [0.4, 0.5) is 0 Å². The van der Waals surface area contributed by atoms with Gasteiger partial charge in [-0.3, -0.25) is 4.55 Å². The molecule has 0 aliphatic carbocycles.